The van der Waals surface area contributed by atoms with E-state index in [4.69, 9.17) is 9.84 Å². The molecular formula is C45H50N4O5. The molecule has 54 heavy (non-hydrogen) atoms. The lowest BCUT2D eigenvalue weighted by Gasteiger charge is -2.60. The highest BCUT2D eigenvalue weighted by molar-refractivity contribution is 5.94. The fourth-order valence-electron chi connectivity index (χ4n) is 10.8. The van der Waals surface area contributed by atoms with Gasteiger partial charge in [-0.2, -0.15) is 5.10 Å². The Kier molecular flexibility index (Phi) is 9.33. The Labute approximate surface area is 317 Å². The minimum absolute atomic E-state index is 0.0197. The van der Waals surface area contributed by atoms with E-state index in [-0.39, 0.29) is 47.4 Å². The van der Waals surface area contributed by atoms with Crippen LogP contribution in [-0.2, 0) is 33.8 Å². The van der Waals surface area contributed by atoms with Crippen molar-refractivity contribution in [3.8, 4) is 5.69 Å². The van der Waals surface area contributed by atoms with Crippen LogP contribution in [0.5, 0.6) is 0 Å². The second-order valence-corrected chi connectivity index (χ2v) is 16.3. The summed E-state index contributed by atoms with van der Waals surface area (Å²) in [5.74, 6) is -0.547. The van der Waals surface area contributed by atoms with Gasteiger partial charge in [0.25, 0.3) is 11.8 Å². The second-order valence-electron chi connectivity index (χ2n) is 16.3. The predicted octanol–water partition coefficient (Wildman–Crippen LogP) is 6.96. The van der Waals surface area contributed by atoms with Gasteiger partial charge >= 0.3 is 5.97 Å². The molecule has 4 aromatic rings. The first-order valence-corrected chi connectivity index (χ1v) is 19.5. The Morgan fingerprint density at radius 3 is 2.33 bits per heavy atom. The van der Waals surface area contributed by atoms with Gasteiger partial charge in [-0.15, -0.1) is 0 Å². The van der Waals surface area contributed by atoms with Crippen molar-refractivity contribution in [3.63, 3.8) is 0 Å². The van der Waals surface area contributed by atoms with Crippen LogP contribution >= 0.6 is 0 Å². The molecule has 3 fully saturated rings. The number of nitrogens with one attached hydrogen (secondary N) is 2. The standard InChI is InChI=1S/C45H50N4O5/c1-4-39(51)54-45(42(53)47-27-30-14-9-6-10-15-30)21-20-36-35-19-18-33-23-37-32(24-43(33,2)40(35)38(50)25-44(36,45)3)28-48-49(37)34-17-11-16-31(22-34)41(52)46-26-29-12-7-5-8-13-29/h5-17,22-23,28,35-36,38,40,50H,4,18-21,24-27H2,1-3H3,(H,46,52)(H,47,53)/t35?,36?,38?,40?,43-,44-,45-/m0/s1. The Hall–Kier alpha value is -5.02. The third kappa shape index (κ3) is 5.97. The van der Waals surface area contributed by atoms with E-state index in [0.29, 0.717) is 31.5 Å². The quantitative estimate of drug-likeness (QED) is 0.160. The third-order valence-electron chi connectivity index (χ3n) is 13.4. The maximum atomic E-state index is 14.3. The summed E-state index contributed by atoms with van der Waals surface area (Å²) in [5.41, 5.74) is 4.46. The first-order chi connectivity index (χ1) is 26.1. The largest absolute Gasteiger partial charge is 0.448 e. The summed E-state index contributed by atoms with van der Waals surface area (Å²) in [5, 5.41) is 23.3. The summed E-state index contributed by atoms with van der Waals surface area (Å²) in [4.78, 5) is 40.5. The molecule has 9 nitrogen and oxygen atoms in total. The Morgan fingerprint density at radius 2 is 1.63 bits per heavy atom. The minimum Gasteiger partial charge on any atom is -0.448 e. The molecular weight excluding hydrogens is 677 g/mol. The lowest BCUT2D eigenvalue weighted by molar-refractivity contribution is -0.201. The number of carbonyl (C=O) groups is 3. The van der Waals surface area contributed by atoms with E-state index in [0.717, 1.165) is 53.8 Å². The molecule has 0 saturated heterocycles. The molecule has 0 spiro atoms. The summed E-state index contributed by atoms with van der Waals surface area (Å²) in [6.07, 6.45) is 7.75. The van der Waals surface area contributed by atoms with Crippen LogP contribution in [0.15, 0.2) is 96.7 Å². The van der Waals surface area contributed by atoms with E-state index >= 15 is 0 Å². The summed E-state index contributed by atoms with van der Waals surface area (Å²) >= 11 is 0. The number of aromatic nitrogens is 2. The molecule has 4 aliphatic carbocycles. The van der Waals surface area contributed by atoms with Crippen molar-refractivity contribution >= 4 is 23.9 Å². The third-order valence-corrected chi connectivity index (χ3v) is 13.4. The predicted molar refractivity (Wildman–Crippen MR) is 206 cm³/mol. The highest BCUT2D eigenvalue weighted by Crippen LogP contribution is 2.68. The molecule has 280 valence electrons. The van der Waals surface area contributed by atoms with Gasteiger partial charge in [0.1, 0.15) is 0 Å². The number of rotatable bonds is 9. The van der Waals surface area contributed by atoms with Gasteiger partial charge in [0.05, 0.1) is 23.7 Å². The minimum atomic E-state index is -1.35. The molecule has 8 rings (SSSR count). The number of esters is 1. The van der Waals surface area contributed by atoms with Crippen LogP contribution in [0.25, 0.3) is 11.8 Å². The smallest absolute Gasteiger partial charge is 0.306 e. The first-order valence-electron chi connectivity index (χ1n) is 19.5. The zero-order valence-electron chi connectivity index (χ0n) is 31.4. The number of carbonyl (C=O) groups excluding carboxylic acids is 3. The summed E-state index contributed by atoms with van der Waals surface area (Å²) in [6.45, 7) is 6.93. The van der Waals surface area contributed by atoms with Gasteiger partial charge in [0, 0.05) is 30.5 Å². The second kappa shape index (κ2) is 14.0. The number of allylic oxidation sites excluding steroid dienone is 1. The number of aliphatic hydroxyl groups is 1. The van der Waals surface area contributed by atoms with E-state index in [1.165, 1.54) is 5.57 Å². The number of fused-ring (bicyclic) bond motifs is 6. The molecule has 1 aromatic heterocycles. The zero-order chi connectivity index (χ0) is 37.7. The number of benzene rings is 3. The molecule has 3 N–H and O–H groups in total. The normalized spacial score (nSPS) is 29.4. The molecule has 0 bridgehead atoms. The maximum absolute atomic E-state index is 14.3. The van der Waals surface area contributed by atoms with Crippen LogP contribution < -0.4 is 10.6 Å². The SMILES string of the molecule is CCC(=O)O[C@]1(C(=O)NCc2ccccc2)CCC2C3CCC4=Cc5c(cnn5-c5cccc(C(=O)NCc6ccccc6)c5)C[C@]4(C)C3C(O)C[C@@]21C. The number of hydrogen-bond donors (Lipinski definition) is 3. The summed E-state index contributed by atoms with van der Waals surface area (Å²) in [6, 6.07) is 27.2. The highest BCUT2D eigenvalue weighted by atomic mass is 16.6. The Morgan fingerprint density at radius 1 is 0.926 bits per heavy atom. The first kappa shape index (κ1) is 36.0. The fourth-order valence-corrected chi connectivity index (χ4v) is 10.8. The zero-order valence-corrected chi connectivity index (χ0v) is 31.4. The summed E-state index contributed by atoms with van der Waals surface area (Å²) < 4.78 is 8.20. The van der Waals surface area contributed by atoms with Crippen molar-refractivity contribution in [2.45, 2.75) is 90.5 Å². The van der Waals surface area contributed by atoms with Crippen molar-refractivity contribution in [3.05, 3.63) is 125 Å². The van der Waals surface area contributed by atoms with Crippen LogP contribution in [0.2, 0.25) is 0 Å². The van der Waals surface area contributed by atoms with Crippen molar-refractivity contribution in [2.75, 3.05) is 0 Å². The monoisotopic (exact) mass is 726 g/mol. The van der Waals surface area contributed by atoms with Crippen molar-refractivity contribution in [1.82, 2.24) is 20.4 Å². The van der Waals surface area contributed by atoms with Gasteiger partial charge < -0.3 is 20.5 Å². The molecule has 3 saturated carbocycles. The lowest BCUT2D eigenvalue weighted by atomic mass is 9.45. The fraction of sp³-hybridized carbons (Fsp3) is 0.422. The van der Waals surface area contributed by atoms with Gasteiger partial charge in [-0.25, -0.2) is 4.68 Å². The van der Waals surface area contributed by atoms with Crippen molar-refractivity contribution in [2.24, 2.45) is 28.6 Å². The van der Waals surface area contributed by atoms with Crippen LogP contribution in [0, 0.1) is 28.6 Å². The number of aliphatic hydroxyl groups excluding tert-OH is 1. The number of hydrogen-bond acceptors (Lipinski definition) is 6. The number of ether oxygens (including phenoxy) is 1. The van der Waals surface area contributed by atoms with Crippen LogP contribution in [0.3, 0.4) is 0 Å². The van der Waals surface area contributed by atoms with Gasteiger partial charge in [-0.1, -0.05) is 93.1 Å². The molecule has 1 heterocycles. The van der Waals surface area contributed by atoms with Crippen LogP contribution in [-0.4, -0.2) is 44.4 Å². The highest BCUT2D eigenvalue weighted by Gasteiger charge is 2.70. The maximum Gasteiger partial charge on any atom is 0.306 e. The molecule has 0 radical (unpaired) electrons. The Bertz CT molecular complexity index is 2090. The van der Waals surface area contributed by atoms with Crippen molar-refractivity contribution < 1.29 is 24.2 Å². The number of nitrogens with zero attached hydrogens (tertiary/aromatic N) is 2. The molecule has 4 aliphatic rings. The van der Waals surface area contributed by atoms with Gasteiger partial charge in [0.15, 0.2) is 5.60 Å². The van der Waals surface area contributed by atoms with E-state index in [1.807, 2.05) is 95.8 Å². The Balaban J connectivity index is 1.04. The molecule has 9 heteroatoms. The molecule has 3 aromatic carbocycles. The van der Waals surface area contributed by atoms with E-state index < -0.39 is 17.1 Å². The van der Waals surface area contributed by atoms with Gasteiger partial charge in [-0.05, 0) is 103 Å². The average Bonchev–Trinajstić information content (AvgIpc) is 3.72. The number of amides is 2. The van der Waals surface area contributed by atoms with E-state index in [9.17, 15) is 19.5 Å². The summed E-state index contributed by atoms with van der Waals surface area (Å²) in [7, 11) is 0. The average molecular weight is 727 g/mol. The topological polar surface area (TPSA) is 123 Å². The molecule has 0 aliphatic heterocycles. The van der Waals surface area contributed by atoms with Crippen LogP contribution in [0.4, 0.5) is 0 Å². The van der Waals surface area contributed by atoms with E-state index in [2.05, 4.69) is 30.6 Å². The molecule has 4 unspecified atom stereocenters. The van der Waals surface area contributed by atoms with Crippen LogP contribution in [0.1, 0.15) is 92.0 Å². The van der Waals surface area contributed by atoms with Gasteiger partial charge in [-0.3, -0.25) is 14.4 Å². The van der Waals surface area contributed by atoms with Crippen molar-refractivity contribution in [1.29, 1.82) is 0 Å². The van der Waals surface area contributed by atoms with Gasteiger partial charge in [0.2, 0.25) is 0 Å². The van der Waals surface area contributed by atoms with E-state index in [1.54, 1.807) is 6.92 Å². The molecule has 2 amide bonds. The lowest BCUT2D eigenvalue weighted by Crippen LogP contribution is -2.64. The molecule has 7 atom stereocenters.